The Morgan fingerprint density at radius 1 is 1.33 bits per heavy atom. The molecule has 0 saturated heterocycles. The summed E-state index contributed by atoms with van der Waals surface area (Å²) in [6.07, 6.45) is 2.63. The fraction of sp³-hybridized carbons (Fsp3) is 0.231. The topological polar surface area (TPSA) is 101 Å². The van der Waals surface area contributed by atoms with Crippen molar-refractivity contribution in [2.45, 2.75) is 17.5 Å². The number of aryl methyl sites for hydroxylation is 1. The lowest BCUT2D eigenvalue weighted by atomic mass is 9.94. The number of nitrogens with one attached hydrogen (secondary N) is 1. The number of imidazole rings is 1. The van der Waals surface area contributed by atoms with Crippen molar-refractivity contribution in [1.82, 2.24) is 14.3 Å². The number of benzene rings is 1. The number of nitrogens with zero attached hydrogens (tertiary/aromatic N) is 2. The minimum absolute atomic E-state index is 0.228. The van der Waals surface area contributed by atoms with Gasteiger partial charge in [-0.1, -0.05) is 30.3 Å². The molecule has 112 valence electrons. The maximum Gasteiger partial charge on any atom is 0.329 e. The molecule has 2 aromatic rings. The Hall–Kier alpha value is -2.19. The smallest absolute Gasteiger partial charge is 0.329 e. The number of carbonyl (C=O) groups is 1. The molecule has 21 heavy (non-hydrogen) atoms. The molecule has 2 N–H and O–H groups in total. The number of hydrogen-bond acceptors (Lipinski definition) is 4. The van der Waals surface area contributed by atoms with Crippen molar-refractivity contribution in [3.63, 3.8) is 0 Å². The van der Waals surface area contributed by atoms with Gasteiger partial charge >= 0.3 is 5.97 Å². The van der Waals surface area contributed by atoms with Crippen molar-refractivity contribution in [1.29, 1.82) is 0 Å². The highest BCUT2D eigenvalue weighted by molar-refractivity contribution is 7.89. The third-order valence-electron chi connectivity index (χ3n) is 3.07. The van der Waals surface area contributed by atoms with Crippen LogP contribution in [0, 0.1) is 0 Å². The van der Waals surface area contributed by atoms with E-state index < -0.39 is 21.5 Å². The minimum Gasteiger partial charge on any atom is -0.480 e. The summed E-state index contributed by atoms with van der Waals surface area (Å²) < 4.78 is 28.3. The van der Waals surface area contributed by atoms with Crippen molar-refractivity contribution in [3.05, 3.63) is 48.4 Å². The number of aliphatic carboxylic acids is 1. The molecule has 0 saturated carbocycles. The fourth-order valence-electron chi connectivity index (χ4n) is 1.85. The first-order chi connectivity index (χ1) is 9.75. The maximum atomic E-state index is 12.3. The highest BCUT2D eigenvalue weighted by Crippen LogP contribution is 2.23. The molecule has 0 bridgehead atoms. The highest BCUT2D eigenvalue weighted by atomic mass is 32.2. The average molecular weight is 309 g/mol. The van der Waals surface area contributed by atoms with Crippen molar-refractivity contribution in [3.8, 4) is 0 Å². The van der Waals surface area contributed by atoms with Crippen LogP contribution >= 0.6 is 0 Å². The average Bonchev–Trinajstić information content (AvgIpc) is 2.86. The van der Waals surface area contributed by atoms with E-state index in [2.05, 4.69) is 9.71 Å². The molecule has 0 fully saturated rings. The summed E-state index contributed by atoms with van der Waals surface area (Å²) in [7, 11) is -2.43. The van der Waals surface area contributed by atoms with Crippen LogP contribution in [0.1, 0.15) is 12.5 Å². The second kappa shape index (κ2) is 5.30. The van der Waals surface area contributed by atoms with E-state index in [1.54, 1.807) is 37.4 Å². The standard InChI is InChI=1S/C13H15N3O4S/c1-13(12(17)18,10-6-4-3-5-7-10)15-21(19,20)11-8-16(2)9-14-11/h3-9,15H,1-2H3,(H,17,18). The van der Waals surface area contributed by atoms with Crippen LogP contribution in [-0.2, 0) is 27.4 Å². The van der Waals surface area contributed by atoms with Crippen LogP contribution in [0.2, 0.25) is 0 Å². The Bertz CT molecular complexity index is 755. The first-order valence-electron chi connectivity index (χ1n) is 6.06. The van der Waals surface area contributed by atoms with Crippen molar-refractivity contribution < 1.29 is 18.3 Å². The molecule has 0 amide bonds. The van der Waals surface area contributed by atoms with E-state index in [0.717, 1.165) is 0 Å². The second-order valence-corrected chi connectivity index (χ2v) is 6.41. The van der Waals surface area contributed by atoms with Crippen molar-refractivity contribution in [2.24, 2.45) is 7.05 Å². The molecular weight excluding hydrogens is 294 g/mol. The quantitative estimate of drug-likeness (QED) is 0.846. The van der Waals surface area contributed by atoms with Gasteiger partial charge in [0.05, 0.1) is 6.33 Å². The molecule has 8 heteroatoms. The lowest BCUT2D eigenvalue weighted by Gasteiger charge is -2.25. The molecule has 1 heterocycles. The van der Waals surface area contributed by atoms with Crippen LogP contribution in [0.4, 0.5) is 0 Å². The number of hydrogen-bond donors (Lipinski definition) is 2. The van der Waals surface area contributed by atoms with E-state index in [1.165, 1.54) is 24.0 Å². The van der Waals surface area contributed by atoms with Crippen molar-refractivity contribution in [2.75, 3.05) is 0 Å². The molecule has 1 aromatic heterocycles. The molecule has 1 aromatic carbocycles. The molecule has 0 spiro atoms. The number of sulfonamides is 1. The van der Waals surface area contributed by atoms with E-state index in [1.807, 2.05) is 0 Å². The SMILES string of the molecule is Cn1cnc(S(=O)(=O)NC(C)(C(=O)O)c2ccccc2)c1. The third-order valence-corrected chi connectivity index (χ3v) is 4.51. The molecule has 7 nitrogen and oxygen atoms in total. The van der Waals surface area contributed by atoms with Gasteiger partial charge in [-0.05, 0) is 12.5 Å². The lowest BCUT2D eigenvalue weighted by molar-refractivity contribution is -0.143. The van der Waals surface area contributed by atoms with E-state index in [-0.39, 0.29) is 5.03 Å². The van der Waals surface area contributed by atoms with E-state index in [9.17, 15) is 18.3 Å². The predicted molar refractivity (Wildman–Crippen MR) is 75.0 cm³/mol. The molecule has 2 rings (SSSR count). The largest absolute Gasteiger partial charge is 0.480 e. The Morgan fingerprint density at radius 2 is 1.95 bits per heavy atom. The maximum absolute atomic E-state index is 12.3. The summed E-state index contributed by atoms with van der Waals surface area (Å²) in [5.41, 5.74) is -1.45. The van der Waals surface area contributed by atoms with Crippen LogP contribution in [0.5, 0.6) is 0 Å². The van der Waals surface area contributed by atoms with Crippen LogP contribution in [0.3, 0.4) is 0 Å². The first kappa shape index (κ1) is 15.2. The third kappa shape index (κ3) is 2.96. The molecule has 0 radical (unpaired) electrons. The molecule has 1 atom stereocenters. The van der Waals surface area contributed by atoms with Gasteiger partial charge in [0.25, 0.3) is 10.0 Å². The first-order valence-corrected chi connectivity index (χ1v) is 7.55. The van der Waals surface area contributed by atoms with Crippen molar-refractivity contribution >= 4 is 16.0 Å². The van der Waals surface area contributed by atoms with Gasteiger partial charge in [-0.25, -0.2) is 18.2 Å². The highest BCUT2D eigenvalue weighted by Gasteiger charge is 2.40. The molecule has 0 aliphatic carbocycles. The van der Waals surface area contributed by atoms with Gasteiger partial charge in [-0.15, -0.1) is 0 Å². The number of carboxylic acids is 1. The molecule has 1 unspecified atom stereocenters. The summed E-state index contributed by atoms with van der Waals surface area (Å²) in [4.78, 5) is 15.3. The monoisotopic (exact) mass is 309 g/mol. The van der Waals surface area contributed by atoms with E-state index in [4.69, 9.17) is 0 Å². The van der Waals surface area contributed by atoms with Gasteiger partial charge in [-0.2, -0.15) is 4.72 Å². The Morgan fingerprint density at radius 3 is 2.43 bits per heavy atom. The number of aromatic nitrogens is 2. The molecule has 0 aliphatic heterocycles. The van der Waals surface area contributed by atoms with Crippen LogP contribution < -0.4 is 4.72 Å². The van der Waals surface area contributed by atoms with E-state index >= 15 is 0 Å². The summed E-state index contributed by atoms with van der Waals surface area (Å²) in [6, 6.07) is 8.11. The molecular formula is C13H15N3O4S. The van der Waals surface area contributed by atoms with Crippen LogP contribution in [-0.4, -0.2) is 29.0 Å². The Kier molecular flexibility index (Phi) is 3.84. The van der Waals surface area contributed by atoms with Crippen LogP contribution in [0.15, 0.2) is 47.9 Å². The van der Waals surface area contributed by atoms with Gasteiger partial charge in [0.1, 0.15) is 0 Å². The normalized spacial score (nSPS) is 14.6. The van der Waals surface area contributed by atoms with Gasteiger partial charge in [0.2, 0.25) is 0 Å². The summed E-state index contributed by atoms with van der Waals surface area (Å²) in [5.74, 6) is -1.30. The van der Waals surface area contributed by atoms with Gasteiger partial charge in [0, 0.05) is 13.2 Å². The van der Waals surface area contributed by atoms with Crippen LogP contribution in [0.25, 0.3) is 0 Å². The number of carboxylic acid groups (broad SMARTS) is 1. The zero-order chi connectivity index (χ0) is 15.7. The molecule has 0 aliphatic rings. The summed E-state index contributed by atoms with van der Waals surface area (Å²) in [5, 5.41) is 9.22. The number of rotatable bonds is 5. The second-order valence-electron chi connectivity index (χ2n) is 4.78. The Labute approximate surface area is 122 Å². The lowest BCUT2D eigenvalue weighted by Crippen LogP contribution is -2.49. The Balaban J connectivity index is 2.44. The predicted octanol–water partition coefficient (Wildman–Crippen LogP) is 0.698. The van der Waals surface area contributed by atoms with Gasteiger partial charge in [0.15, 0.2) is 10.6 Å². The fourth-order valence-corrected chi connectivity index (χ4v) is 3.18. The summed E-state index contributed by atoms with van der Waals surface area (Å²) in [6.45, 7) is 1.30. The minimum atomic E-state index is -4.05. The van der Waals surface area contributed by atoms with E-state index in [0.29, 0.717) is 5.56 Å². The van der Waals surface area contributed by atoms with Gasteiger partial charge in [-0.3, -0.25) is 0 Å². The zero-order valence-electron chi connectivity index (χ0n) is 11.5. The summed E-state index contributed by atoms with van der Waals surface area (Å²) >= 11 is 0. The zero-order valence-corrected chi connectivity index (χ0v) is 12.3. The van der Waals surface area contributed by atoms with Gasteiger partial charge < -0.3 is 9.67 Å².